The third-order valence-electron chi connectivity index (χ3n) is 3.70. The summed E-state index contributed by atoms with van der Waals surface area (Å²) in [6.07, 6.45) is 6.60. The molecule has 1 aliphatic rings. The predicted molar refractivity (Wildman–Crippen MR) is 86.1 cm³/mol. The fourth-order valence-electron chi connectivity index (χ4n) is 2.66. The average molecular weight is 331 g/mol. The van der Waals surface area contributed by atoms with Gasteiger partial charge in [0.05, 0.1) is 0 Å². The van der Waals surface area contributed by atoms with Crippen LogP contribution in [0.4, 0.5) is 0 Å². The second kappa shape index (κ2) is 6.24. The molecule has 1 aromatic heterocycles. The van der Waals surface area contributed by atoms with Crippen LogP contribution in [0.5, 0.6) is 0 Å². The van der Waals surface area contributed by atoms with Crippen molar-refractivity contribution < 1.29 is 16.1 Å². The van der Waals surface area contributed by atoms with Crippen molar-refractivity contribution in [3.8, 4) is 0 Å². The van der Waals surface area contributed by atoms with E-state index in [1.54, 1.807) is 0 Å². The Balaban J connectivity index is 0.000000902. The molecule has 0 aliphatic heterocycles. The number of hydrogen-bond donors (Lipinski definition) is 1. The molecule has 0 saturated carbocycles. The van der Waals surface area contributed by atoms with Gasteiger partial charge in [0.25, 0.3) is 0 Å². The zero-order valence-corrected chi connectivity index (χ0v) is 14.0. The second-order valence-electron chi connectivity index (χ2n) is 4.97. The zero-order chi connectivity index (χ0) is 11.9. The Hall–Kier alpha value is -0.596. The van der Waals surface area contributed by atoms with E-state index in [-0.39, 0.29) is 24.8 Å². The third kappa shape index (κ3) is 2.80. The average Bonchev–Trinajstić information content (AvgIpc) is 2.99. The molecule has 3 rings (SSSR count). The number of aromatic amines is 1. The van der Waals surface area contributed by atoms with Crippen LogP contribution in [0.2, 0.25) is 5.23 Å². The summed E-state index contributed by atoms with van der Waals surface area (Å²) in [5, 5.41) is 2.38. The summed E-state index contributed by atoms with van der Waals surface area (Å²) < 4.78 is 1.90. The molecule has 2 atom stereocenters. The molecular weight excluding hydrogens is 313 g/mol. The molecule has 1 heterocycles. The van der Waals surface area contributed by atoms with Crippen molar-refractivity contribution in [2.75, 3.05) is 0 Å². The van der Waals surface area contributed by atoms with Crippen LogP contribution >= 0.6 is 24.8 Å². The Morgan fingerprint density at radius 3 is 2.53 bits per heavy atom. The van der Waals surface area contributed by atoms with E-state index in [9.17, 15) is 0 Å². The van der Waals surface area contributed by atoms with Crippen LogP contribution < -0.4 is 4.00 Å². The molecule has 0 spiro atoms. The van der Waals surface area contributed by atoms with Gasteiger partial charge in [-0.3, -0.25) is 0 Å². The molecule has 0 bridgehead atoms. The van der Waals surface area contributed by atoms with E-state index in [0.717, 1.165) is 0 Å². The van der Waals surface area contributed by atoms with Crippen molar-refractivity contribution in [3.63, 3.8) is 0 Å². The second-order valence-corrected chi connectivity index (χ2v) is 11.2. The molecule has 1 N–H and O–H groups in total. The third-order valence-corrected chi connectivity index (χ3v) is 9.04. The zero-order valence-electron chi connectivity index (χ0n) is 10.8. The Morgan fingerprint density at radius 2 is 1.84 bits per heavy atom. The van der Waals surface area contributed by atoms with Gasteiger partial charge in [-0.25, -0.2) is 0 Å². The number of nitrogens with one attached hydrogen (secondary N) is 1. The Labute approximate surface area is 129 Å². The van der Waals surface area contributed by atoms with Gasteiger partial charge in [-0.1, -0.05) is 0 Å². The molecule has 0 radical (unpaired) electrons. The normalized spacial score (nSPS) is 18.9. The first-order chi connectivity index (χ1) is 8.19. The SMILES string of the molecule is Cl.Cl.[CH2]=[Ti]([CH3])([c]1ccc[nH]1)[CH]1C=Cc2ccccc21. The van der Waals surface area contributed by atoms with Crippen LogP contribution in [0.1, 0.15) is 15.3 Å². The summed E-state index contributed by atoms with van der Waals surface area (Å²) in [6, 6.07) is 13.0. The molecule has 4 heteroatoms. The minimum atomic E-state index is -2.29. The molecule has 2 aromatic rings. The molecule has 0 fully saturated rings. The number of aromatic nitrogens is 1. The predicted octanol–water partition coefficient (Wildman–Crippen LogP) is 3.89. The van der Waals surface area contributed by atoms with Crippen LogP contribution in [0, 0.1) is 0 Å². The van der Waals surface area contributed by atoms with E-state index in [1.807, 2.05) is 6.20 Å². The van der Waals surface area contributed by atoms with Gasteiger partial charge in [0.1, 0.15) is 0 Å². The monoisotopic (exact) mass is 330 g/mol. The van der Waals surface area contributed by atoms with Crippen LogP contribution in [-0.2, 0) is 16.1 Å². The quantitative estimate of drug-likeness (QED) is 0.804. The number of H-pyrrole nitrogens is 1. The van der Waals surface area contributed by atoms with Gasteiger partial charge >= 0.3 is 105 Å². The van der Waals surface area contributed by atoms with E-state index in [2.05, 4.69) is 63.6 Å². The van der Waals surface area contributed by atoms with Crippen molar-refractivity contribution in [1.29, 1.82) is 0 Å². The molecule has 1 nitrogen and oxygen atoms in total. The topological polar surface area (TPSA) is 15.8 Å². The summed E-state index contributed by atoms with van der Waals surface area (Å²) in [7, 11) is 0. The van der Waals surface area contributed by atoms with E-state index >= 15 is 0 Å². The Bertz CT molecular complexity index is 617. The van der Waals surface area contributed by atoms with Crippen molar-refractivity contribution in [2.45, 2.75) is 9.45 Å². The summed E-state index contributed by atoms with van der Waals surface area (Å²) in [6.45, 7) is 0. The molecular formula is C15H18Cl2NTi. The molecule has 2 unspecified atom stereocenters. The van der Waals surface area contributed by atoms with Crippen molar-refractivity contribution in [2.24, 2.45) is 0 Å². The maximum atomic E-state index is 4.60. The van der Waals surface area contributed by atoms with E-state index in [0.29, 0.717) is 4.22 Å². The standard InChI is InChI=1S/C9H7.C4H4N.CH3.CH2.2ClH.Ti/c1-2-5-9-7-3-6-8(9)4-1;1-2-4-5-3-1;;;;;/h1-7H;1-3,5H;1H3;1H2;2*1H;. The molecule has 1 aromatic carbocycles. The first kappa shape index (κ1) is 16.5. The van der Waals surface area contributed by atoms with Crippen molar-refractivity contribution >= 4 is 39.7 Å². The van der Waals surface area contributed by atoms with Gasteiger partial charge in [0, 0.05) is 0 Å². The number of benzene rings is 1. The fourth-order valence-corrected chi connectivity index (χ4v) is 6.87. The van der Waals surface area contributed by atoms with Crippen molar-refractivity contribution in [1.82, 2.24) is 4.98 Å². The molecule has 0 saturated heterocycles. The van der Waals surface area contributed by atoms with Gasteiger partial charge in [0.15, 0.2) is 0 Å². The van der Waals surface area contributed by atoms with E-state index in [1.165, 1.54) is 15.1 Å². The first-order valence-electron chi connectivity index (χ1n) is 5.96. The summed E-state index contributed by atoms with van der Waals surface area (Å²) in [4.78, 5) is 7.97. The molecule has 19 heavy (non-hydrogen) atoms. The summed E-state index contributed by atoms with van der Waals surface area (Å²) in [5.41, 5.74) is 2.82. The number of halogens is 2. The van der Waals surface area contributed by atoms with Crippen LogP contribution in [0.25, 0.3) is 6.08 Å². The summed E-state index contributed by atoms with van der Waals surface area (Å²) >= 11 is -2.29. The van der Waals surface area contributed by atoms with Gasteiger partial charge in [-0.15, -0.1) is 24.8 Å². The number of allylic oxidation sites excluding steroid dienone is 1. The van der Waals surface area contributed by atoms with Gasteiger partial charge in [-0.2, -0.15) is 0 Å². The van der Waals surface area contributed by atoms with E-state index < -0.39 is 16.1 Å². The molecule has 1 aliphatic carbocycles. The van der Waals surface area contributed by atoms with Gasteiger partial charge in [0.2, 0.25) is 0 Å². The first-order valence-corrected chi connectivity index (χ1v) is 10.3. The van der Waals surface area contributed by atoms with E-state index in [4.69, 9.17) is 0 Å². The number of hydrogen-bond acceptors (Lipinski definition) is 0. The van der Waals surface area contributed by atoms with Crippen LogP contribution in [0.15, 0.2) is 48.7 Å². The maximum absolute atomic E-state index is 4.60. The Morgan fingerprint density at radius 1 is 1.11 bits per heavy atom. The van der Waals surface area contributed by atoms with Crippen LogP contribution in [0.3, 0.4) is 0 Å². The summed E-state index contributed by atoms with van der Waals surface area (Å²) in [5.74, 6) is 0. The minimum absolute atomic E-state index is 0. The molecule has 0 amide bonds. The van der Waals surface area contributed by atoms with Gasteiger partial charge < -0.3 is 0 Å². The Kier molecular flexibility index (Phi) is 5.40. The van der Waals surface area contributed by atoms with Crippen LogP contribution in [-0.4, -0.2) is 9.80 Å². The van der Waals surface area contributed by atoms with Crippen molar-refractivity contribution in [3.05, 3.63) is 59.8 Å². The van der Waals surface area contributed by atoms with Gasteiger partial charge in [-0.05, 0) is 0 Å². The fraction of sp³-hybridized carbons (Fsp3) is 0.133. The number of fused-ring (bicyclic) bond motifs is 1. The molecule has 101 valence electrons. The number of rotatable bonds is 2.